The van der Waals surface area contributed by atoms with Gasteiger partial charge in [0.2, 0.25) is 21.8 Å². The van der Waals surface area contributed by atoms with Crippen LogP contribution in [0.2, 0.25) is 0 Å². The quantitative estimate of drug-likeness (QED) is 0.0871. The van der Waals surface area contributed by atoms with E-state index < -0.39 is 39.6 Å². The molecule has 0 fully saturated rings. The van der Waals surface area contributed by atoms with Gasteiger partial charge in [-0.05, 0) is 69.5 Å². The maximum atomic E-state index is 13.8. The largest absolute Gasteiger partial charge is 0.481 e. The normalized spacial score (nSPS) is 11.8. The number of amides is 3. The van der Waals surface area contributed by atoms with E-state index in [-0.39, 0.29) is 34.5 Å². The van der Waals surface area contributed by atoms with Crippen molar-refractivity contribution in [1.29, 1.82) is 0 Å². The van der Waals surface area contributed by atoms with Gasteiger partial charge in [0.15, 0.2) is 5.82 Å². The number of allylic oxidation sites excluding steroid dienone is 1. The van der Waals surface area contributed by atoms with Gasteiger partial charge in [-0.3, -0.25) is 9.59 Å². The molecule has 1 heterocycles. The van der Waals surface area contributed by atoms with Crippen molar-refractivity contribution in [3.05, 3.63) is 115 Å². The first kappa shape index (κ1) is 38.8. The van der Waals surface area contributed by atoms with Gasteiger partial charge < -0.3 is 24.8 Å². The highest BCUT2D eigenvalue weighted by molar-refractivity contribution is 7.90. The van der Waals surface area contributed by atoms with Crippen LogP contribution in [0.4, 0.5) is 10.5 Å². The number of hydrogen-bond acceptors (Lipinski definition) is 10. The molecule has 4 rings (SSSR count). The molecular weight excluding hydrogens is 687 g/mol. The van der Waals surface area contributed by atoms with E-state index in [4.69, 9.17) is 14.2 Å². The summed E-state index contributed by atoms with van der Waals surface area (Å²) in [6.45, 7) is 12.5. The summed E-state index contributed by atoms with van der Waals surface area (Å²) in [7, 11) is -2.37. The molecule has 272 valence electrons. The summed E-state index contributed by atoms with van der Waals surface area (Å²) in [5.41, 5.74) is 1.10. The number of carbonyl (C=O) groups is 3. The average molecular weight is 728 g/mol. The first-order valence-corrected chi connectivity index (χ1v) is 17.8. The maximum Gasteiger partial charge on any atom is 0.408 e. The Morgan fingerprint density at radius 1 is 0.923 bits per heavy atom. The zero-order valence-electron chi connectivity index (χ0n) is 29.3. The van der Waals surface area contributed by atoms with E-state index in [1.165, 1.54) is 37.4 Å². The smallest absolute Gasteiger partial charge is 0.408 e. The third kappa shape index (κ3) is 11.3. The second kappa shape index (κ2) is 17.3. The van der Waals surface area contributed by atoms with Crippen LogP contribution in [0, 0.1) is 0 Å². The topological polar surface area (TPSA) is 175 Å². The second-order valence-electron chi connectivity index (χ2n) is 12.4. The van der Waals surface area contributed by atoms with Crippen molar-refractivity contribution in [2.75, 3.05) is 18.2 Å². The molecular formula is C38H41N5O8S. The molecule has 3 aromatic carbocycles. The summed E-state index contributed by atoms with van der Waals surface area (Å²) in [6, 6.07) is 20.0. The van der Waals surface area contributed by atoms with Crippen LogP contribution < -0.4 is 24.8 Å². The third-order valence-corrected chi connectivity index (χ3v) is 8.46. The number of ether oxygens (including phenoxy) is 3. The molecule has 0 saturated carbocycles. The number of nitrogens with zero attached hydrogens (tertiary/aromatic N) is 2. The fraction of sp³-hybridized carbons (Fsp3) is 0.237. The standard InChI is InChI=1S/C38H41N5O8S/c1-7-9-13-22-52(47,48)43-35(44)27-18-20-29(21-19-27)39-36(45)33(42-37(46)51-38(3,4)5)28-17-16-25(8-2)30(23-28)50-32-24-31(49-6)40-34(41-32)26-14-11-10-12-15-26/h7-8,10-12,14-21,23-24,33H,1-2,9,13,22H2,3-6H3,(H,39,45)(H,42,46)(H,43,44). The maximum absolute atomic E-state index is 13.8. The third-order valence-electron chi connectivity index (χ3n) is 7.13. The van der Waals surface area contributed by atoms with Gasteiger partial charge in [-0.25, -0.2) is 17.9 Å². The number of rotatable bonds is 15. The SMILES string of the molecule is C=CCCCS(=O)(=O)NC(=O)c1ccc(NC(=O)C(NC(=O)OC(C)(C)C)c2ccc(C=C)c(Oc3cc(OC)nc(-c4ccccc4)n3)c2)cc1. The molecule has 52 heavy (non-hydrogen) atoms. The Bertz CT molecular complexity index is 2030. The number of nitrogens with one attached hydrogen (secondary N) is 3. The molecule has 3 N–H and O–H groups in total. The van der Waals surface area contributed by atoms with Crippen LogP contribution in [0.1, 0.15) is 61.1 Å². The molecule has 0 aliphatic heterocycles. The number of alkyl carbamates (subject to hydrolysis) is 1. The summed E-state index contributed by atoms with van der Waals surface area (Å²) < 4.78 is 43.6. The van der Waals surface area contributed by atoms with Crippen LogP contribution in [-0.4, -0.2) is 54.8 Å². The summed E-state index contributed by atoms with van der Waals surface area (Å²) in [6.07, 6.45) is 3.13. The highest BCUT2D eigenvalue weighted by Gasteiger charge is 2.27. The van der Waals surface area contributed by atoms with E-state index in [0.717, 1.165) is 5.56 Å². The van der Waals surface area contributed by atoms with E-state index in [9.17, 15) is 22.8 Å². The van der Waals surface area contributed by atoms with Crippen molar-refractivity contribution in [3.63, 3.8) is 0 Å². The Hall–Kier alpha value is -6.02. The summed E-state index contributed by atoms with van der Waals surface area (Å²) in [4.78, 5) is 48.4. The minimum Gasteiger partial charge on any atom is -0.481 e. The number of sulfonamides is 1. The number of benzene rings is 3. The summed E-state index contributed by atoms with van der Waals surface area (Å²) >= 11 is 0. The lowest BCUT2D eigenvalue weighted by Crippen LogP contribution is -2.40. The number of aromatic nitrogens is 2. The minimum absolute atomic E-state index is 0.0623. The number of unbranched alkanes of at least 4 members (excludes halogenated alkanes) is 1. The van der Waals surface area contributed by atoms with Gasteiger partial charge in [-0.1, -0.05) is 61.2 Å². The highest BCUT2D eigenvalue weighted by atomic mass is 32.2. The van der Waals surface area contributed by atoms with E-state index in [1.807, 2.05) is 35.1 Å². The molecule has 4 aromatic rings. The van der Waals surface area contributed by atoms with Gasteiger partial charge >= 0.3 is 6.09 Å². The van der Waals surface area contributed by atoms with Crippen molar-refractivity contribution in [3.8, 4) is 28.9 Å². The van der Waals surface area contributed by atoms with Crippen LogP contribution in [0.25, 0.3) is 17.5 Å². The molecule has 0 radical (unpaired) electrons. The van der Waals surface area contributed by atoms with Gasteiger partial charge in [0, 0.05) is 22.4 Å². The first-order valence-electron chi connectivity index (χ1n) is 16.2. The Kier molecular flexibility index (Phi) is 12.9. The predicted octanol–water partition coefficient (Wildman–Crippen LogP) is 6.82. The lowest BCUT2D eigenvalue weighted by atomic mass is 10.0. The zero-order chi connectivity index (χ0) is 37.9. The van der Waals surface area contributed by atoms with Crippen molar-refractivity contribution >= 4 is 39.7 Å². The minimum atomic E-state index is -3.84. The molecule has 1 atom stereocenters. The molecule has 0 saturated heterocycles. The van der Waals surface area contributed by atoms with Crippen molar-refractivity contribution in [2.24, 2.45) is 0 Å². The van der Waals surface area contributed by atoms with Gasteiger partial charge in [0.25, 0.3) is 11.8 Å². The predicted molar refractivity (Wildman–Crippen MR) is 198 cm³/mol. The zero-order valence-corrected chi connectivity index (χ0v) is 30.2. The fourth-order valence-corrected chi connectivity index (χ4v) is 5.74. The van der Waals surface area contributed by atoms with Gasteiger partial charge in [-0.15, -0.1) is 6.58 Å². The van der Waals surface area contributed by atoms with Crippen LogP contribution >= 0.6 is 0 Å². The monoisotopic (exact) mass is 727 g/mol. The van der Waals surface area contributed by atoms with Gasteiger partial charge in [-0.2, -0.15) is 9.97 Å². The lowest BCUT2D eigenvalue weighted by molar-refractivity contribution is -0.118. The Labute approximate surface area is 303 Å². The highest BCUT2D eigenvalue weighted by Crippen LogP contribution is 2.32. The Morgan fingerprint density at radius 2 is 1.62 bits per heavy atom. The van der Waals surface area contributed by atoms with E-state index >= 15 is 0 Å². The Morgan fingerprint density at radius 3 is 2.25 bits per heavy atom. The number of carbonyl (C=O) groups excluding carboxylic acids is 3. The molecule has 1 aromatic heterocycles. The van der Waals surface area contributed by atoms with E-state index in [1.54, 1.807) is 51.1 Å². The van der Waals surface area contributed by atoms with Crippen LogP contribution in [0.3, 0.4) is 0 Å². The Balaban J connectivity index is 1.62. The van der Waals surface area contributed by atoms with Crippen LogP contribution in [-0.2, 0) is 19.6 Å². The van der Waals surface area contributed by atoms with Crippen LogP contribution in [0.15, 0.2) is 98.1 Å². The average Bonchev–Trinajstić information content (AvgIpc) is 3.10. The molecule has 14 heteroatoms. The molecule has 0 spiro atoms. The number of anilines is 1. The number of hydrogen-bond donors (Lipinski definition) is 3. The number of methoxy groups -OCH3 is 1. The van der Waals surface area contributed by atoms with Crippen LogP contribution in [0.5, 0.6) is 17.5 Å². The van der Waals surface area contributed by atoms with Crippen molar-refractivity contribution < 1.29 is 37.0 Å². The van der Waals surface area contributed by atoms with E-state index in [0.29, 0.717) is 29.8 Å². The van der Waals surface area contributed by atoms with Gasteiger partial charge in [0.05, 0.1) is 18.9 Å². The molecule has 0 aliphatic rings. The summed E-state index contributed by atoms with van der Waals surface area (Å²) in [5.74, 6) is -0.644. The summed E-state index contributed by atoms with van der Waals surface area (Å²) in [5, 5.41) is 5.36. The molecule has 0 aliphatic carbocycles. The van der Waals surface area contributed by atoms with Crippen molar-refractivity contribution in [2.45, 2.75) is 45.3 Å². The second-order valence-corrected chi connectivity index (χ2v) is 14.2. The molecule has 1 unspecified atom stereocenters. The first-order chi connectivity index (χ1) is 24.7. The molecule has 0 bridgehead atoms. The lowest BCUT2D eigenvalue weighted by Gasteiger charge is -2.24. The van der Waals surface area contributed by atoms with Gasteiger partial charge in [0.1, 0.15) is 17.4 Å². The van der Waals surface area contributed by atoms with Crippen molar-refractivity contribution in [1.82, 2.24) is 20.0 Å². The van der Waals surface area contributed by atoms with E-state index in [2.05, 4.69) is 33.8 Å². The molecule has 13 nitrogen and oxygen atoms in total. The molecule has 3 amide bonds. The fourth-order valence-electron chi connectivity index (χ4n) is 4.69.